The number of benzene rings is 2. The van der Waals surface area contributed by atoms with Gasteiger partial charge in [-0.25, -0.2) is 0 Å². The van der Waals surface area contributed by atoms with Crippen molar-refractivity contribution in [2.45, 2.75) is 43.1 Å². The SMILES string of the molecule is CN(C)CC1(C2(O)CCCC2)Cc2ccc3ccccc3c21. The Morgan fingerprint density at radius 3 is 2.50 bits per heavy atom. The lowest BCUT2D eigenvalue weighted by molar-refractivity contribution is -0.0554. The van der Waals surface area contributed by atoms with Crippen LogP contribution in [0.4, 0.5) is 0 Å². The first-order chi connectivity index (χ1) is 10.6. The lowest BCUT2D eigenvalue weighted by atomic mass is 9.53. The molecule has 0 bridgehead atoms. The van der Waals surface area contributed by atoms with Crippen LogP contribution in [0.2, 0.25) is 0 Å². The van der Waals surface area contributed by atoms with Gasteiger partial charge in [0.2, 0.25) is 0 Å². The van der Waals surface area contributed by atoms with Gasteiger partial charge < -0.3 is 10.0 Å². The maximum absolute atomic E-state index is 11.5. The predicted molar refractivity (Wildman–Crippen MR) is 91.3 cm³/mol. The van der Waals surface area contributed by atoms with Crippen molar-refractivity contribution >= 4 is 10.8 Å². The lowest BCUT2D eigenvalue weighted by Gasteiger charge is -2.55. The maximum atomic E-state index is 11.5. The Kier molecular flexibility index (Phi) is 3.11. The van der Waals surface area contributed by atoms with Gasteiger partial charge in [0.1, 0.15) is 0 Å². The fourth-order valence-electron chi connectivity index (χ4n) is 4.99. The van der Waals surface area contributed by atoms with Gasteiger partial charge in [-0.2, -0.15) is 0 Å². The van der Waals surface area contributed by atoms with Gasteiger partial charge in [0.25, 0.3) is 0 Å². The first kappa shape index (κ1) is 14.2. The number of aliphatic hydroxyl groups is 1. The van der Waals surface area contributed by atoms with Crippen LogP contribution in [0.25, 0.3) is 10.8 Å². The highest BCUT2D eigenvalue weighted by Gasteiger charge is 2.58. The zero-order valence-electron chi connectivity index (χ0n) is 13.6. The van der Waals surface area contributed by atoms with Crippen molar-refractivity contribution in [2.75, 3.05) is 20.6 Å². The van der Waals surface area contributed by atoms with Crippen LogP contribution in [0.3, 0.4) is 0 Å². The quantitative estimate of drug-likeness (QED) is 0.937. The van der Waals surface area contributed by atoms with Crippen LogP contribution in [-0.4, -0.2) is 36.2 Å². The number of nitrogens with zero attached hydrogens (tertiary/aromatic N) is 1. The van der Waals surface area contributed by atoms with E-state index in [1.807, 2.05) is 0 Å². The summed E-state index contributed by atoms with van der Waals surface area (Å²) in [5, 5.41) is 14.1. The van der Waals surface area contributed by atoms with Crippen molar-refractivity contribution in [1.29, 1.82) is 0 Å². The third-order valence-electron chi connectivity index (χ3n) is 5.89. The molecule has 0 saturated heterocycles. The van der Waals surface area contributed by atoms with Gasteiger partial charge >= 0.3 is 0 Å². The van der Waals surface area contributed by atoms with E-state index in [1.165, 1.54) is 21.9 Å². The molecule has 1 fully saturated rings. The van der Waals surface area contributed by atoms with Crippen molar-refractivity contribution < 1.29 is 5.11 Å². The van der Waals surface area contributed by atoms with E-state index in [0.29, 0.717) is 0 Å². The Bertz CT molecular complexity index is 715. The van der Waals surface area contributed by atoms with Crippen molar-refractivity contribution in [3.8, 4) is 0 Å². The monoisotopic (exact) mass is 295 g/mol. The molecule has 2 aromatic carbocycles. The second-order valence-electron chi connectivity index (χ2n) is 7.56. The van der Waals surface area contributed by atoms with Crippen LogP contribution in [0.15, 0.2) is 36.4 Å². The topological polar surface area (TPSA) is 23.5 Å². The number of hydrogen-bond acceptors (Lipinski definition) is 2. The molecule has 1 atom stereocenters. The van der Waals surface area contributed by atoms with E-state index in [2.05, 4.69) is 55.4 Å². The molecule has 1 unspecified atom stereocenters. The predicted octanol–water partition coefficient (Wildman–Crippen LogP) is 3.50. The molecule has 2 aromatic rings. The molecular weight excluding hydrogens is 270 g/mol. The molecule has 0 aromatic heterocycles. The average Bonchev–Trinajstić information content (AvgIpc) is 2.91. The van der Waals surface area contributed by atoms with Gasteiger partial charge in [-0.1, -0.05) is 49.2 Å². The Morgan fingerprint density at radius 1 is 1.05 bits per heavy atom. The standard InChI is InChI=1S/C20H25NO/c1-21(2)14-19(20(22)11-5-6-12-20)13-16-10-9-15-7-3-4-8-17(15)18(16)19/h3-4,7-10,22H,5-6,11-14H2,1-2H3. The number of rotatable bonds is 3. The van der Waals surface area contributed by atoms with Gasteiger partial charge in [-0.3, -0.25) is 0 Å². The van der Waals surface area contributed by atoms with Gasteiger partial charge in [-0.05, 0) is 55.3 Å². The van der Waals surface area contributed by atoms with Crippen LogP contribution >= 0.6 is 0 Å². The van der Waals surface area contributed by atoms with Gasteiger partial charge in [-0.15, -0.1) is 0 Å². The Morgan fingerprint density at radius 2 is 1.77 bits per heavy atom. The van der Waals surface area contributed by atoms with Crippen molar-refractivity contribution in [2.24, 2.45) is 0 Å². The molecule has 1 saturated carbocycles. The second kappa shape index (κ2) is 4.81. The largest absolute Gasteiger partial charge is 0.389 e. The minimum absolute atomic E-state index is 0.0941. The summed E-state index contributed by atoms with van der Waals surface area (Å²) in [5.41, 5.74) is 2.22. The molecule has 0 aliphatic heterocycles. The summed E-state index contributed by atoms with van der Waals surface area (Å²) in [6, 6.07) is 13.1. The van der Waals surface area contributed by atoms with E-state index in [1.54, 1.807) is 0 Å². The van der Waals surface area contributed by atoms with Gasteiger partial charge in [0, 0.05) is 12.0 Å². The first-order valence-electron chi connectivity index (χ1n) is 8.44. The summed E-state index contributed by atoms with van der Waals surface area (Å²) in [5.74, 6) is 0. The molecule has 2 aliphatic carbocycles. The molecule has 2 nitrogen and oxygen atoms in total. The molecule has 0 radical (unpaired) electrons. The third-order valence-corrected chi connectivity index (χ3v) is 5.89. The van der Waals surface area contributed by atoms with E-state index in [9.17, 15) is 5.11 Å². The fraction of sp³-hybridized carbons (Fsp3) is 0.500. The molecule has 2 aliphatic rings. The Hall–Kier alpha value is -1.38. The van der Waals surface area contributed by atoms with Gasteiger partial charge in [0.15, 0.2) is 0 Å². The van der Waals surface area contributed by atoms with Crippen LogP contribution < -0.4 is 0 Å². The number of fused-ring (bicyclic) bond motifs is 3. The van der Waals surface area contributed by atoms with E-state index in [-0.39, 0.29) is 5.41 Å². The van der Waals surface area contributed by atoms with Gasteiger partial charge in [0.05, 0.1) is 5.60 Å². The fourth-order valence-corrected chi connectivity index (χ4v) is 4.99. The lowest BCUT2D eigenvalue weighted by Crippen LogP contribution is -2.61. The van der Waals surface area contributed by atoms with E-state index < -0.39 is 5.60 Å². The summed E-state index contributed by atoms with van der Waals surface area (Å²) in [4.78, 5) is 2.25. The summed E-state index contributed by atoms with van der Waals surface area (Å²) >= 11 is 0. The molecule has 22 heavy (non-hydrogen) atoms. The normalized spacial score (nSPS) is 26.2. The highest BCUT2D eigenvalue weighted by molar-refractivity contribution is 5.90. The Balaban J connectivity index is 1.93. The molecule has 0 heterocycles. The minimum atomic E-state index is -0.533. The minimum Gasteiger partial charge on any atom is -0.389 e. The van der Waals surface area contributed by atoms with Crippen LogP contribution in [0.5, 0.6) is 0 Å². The van der Waals surface area contributed by atoms with Crippen LogP contribution in [0, 0.1) is 0 Å². The molecular formula is C20H25NO. The zero-order chi connectivity index (χ0) is 15.4. The van der Waals surface area contributed by atoms with E-state index in [0.717, 1.165) is 38.6 Å². The highest BCUT2D eigenvalue weighted by atomic mass is 16.3. The van der Waals surface area contributed by atoms with Crippen LogP contribution in [0.1, 0.15) is 36.8 Å². The summed E-state index contributed by atoms with van der Waals surface area (Å²) in [7, 11) is 4.26. The third kappa shape index (κ3) is 1.80. The number of likely N-dealkylation sites (N-methyl/N-ethyl adjacent to an activating group) is 1. The van der Waals surface area contributed by atoms with Crippen molar-refractivity contribution in [3.63, 3.8) is 0 Å². The second-order valence-corrected chi connectivity index (χ2v) is 7.56. The van der Waals surface area contributed by atoms with Crippen molar-refractivity contribution in [1.82, 2.24) is 4.90 Å². The Labute approximate surface area is 132 Å². The van der Waals surface area contributed by atoms with Crippen LogP contribution in [-0.2, 0) is 11.8 Å². The average molecular weight is 295 g/mol. The highest BCUT2D eigenvalue weighted by Crippen LogP contribution is 2.56. The molecule has 116 valence electrons. The summed E-state index contributed by atoms with van der Waals surface area (Å²) in [6.45, 7) is 0.935. The zero-order valence-corrected chi connectivity index (χ0v) is 13.6. The molecule has 4 rings (SSSR count). The smallest absolute Gasteiger partial charge is 0.0759 e. The molecule has 0 spiro atoms. The number of hydrogen-bond donors (Lipinski definition) is 1. The summed E-state index contributed by atoms with van der Waals surface area (Å²) < 4.78 is 0. The first-order valence-corrected chi connectivity index (χ1v) is 8.44. The maximum Gasteiger partial charge on any atom is 0.0759 e. The van der Waals surface area contributed by atoms with E-state index >= 15 is 0 Å². The molecule has 1 N–H and O–H groups in total. The molecule has 2 heteroatoms. The van der Waals surface area contributed by atoms with E-state index in [4.69, 9.17) is 0 Å². The molecule has 0 amide bonds. The summed E-state index contributed by atoms with van der Waals surface area (Å²) in [6.07, 6.45) is 5.23. The van der Waals surface area contributed by atoms with Crippen molar-refractivity contribution in [3.05, 3.63) is 47.5 Å².